The molecule has 0 bridgehead atoms. The van der Waals surface area contributed by atoms with E-state index in [0.29, 0.717) is 17.9 Å². The van der Waals surface area contributed by atoms with Crippen molar-refractivity contribution in [3.05, 3.63) is 53.3 Å². The summed E-state index contributed by atoms with van der Waals surface area (Å²) in [6, 6.07) is 9.81. The van der Waals surface area contributed by atoms with Gasteiger partial charge in [0.25, 0.3) is 0 Å². The molecule has 0 amide bonds. The van der Waals surface area contributed by atoms with E-state index in [1.165, 1.54) is 0 Å². The van der Waals surface area contributed by atoms with Gasteiger partial charge in [-0.05, 0) is 19.2 Å². The van der Waals surface area contributed by atoms with Crippen LogP contribution in [0.2, 0.25) is 0 Å². The van der Waals surface area contributed by atoms with Crippen LogP contribution in [0.25, 0.3) is 0 Å². The van der Waals surface area contributed by atoms with E-state index in [4.69, 9.17) is 9.57 Å². The highest BCUT2D eigenvalue weighted by Crippen LogP contribution is 2.32. The van der Waals surface area contributed by atoms with E-state index in [9.17, 15) is 18.0 Å². The highest BCUT2D eigenvalue weighted by atomic mass is 19.4. The van der Waals surface area contributed by atoms with Crippen molar-refractivity contribution in [1.29, 1.82) is 0 Å². The van der Waals surface area contributed by atoms with Crippen molar-refractivity contribution in [2.24, 2.45) is 4.99 Å². The highest BCUT2D eigenvalue weighted by molar-refractivity contribution is 5.98. The number of aromatic nitrogens is 2. The molecule has 0 aliphatic carbocycles. The lowest BCUT2D eigenvalue weighted by Gasteiger charge is -2.17. The summed E-state index contributed by atoms with van der Waals surface area (Å²) >= 11 is 0. The Hall–Kier alpha value is -2.92. The van der Waals surface area contributed by atoms with E-state index in [0.717, 1.165) is 23.8 Å². The molecule has 1 N–H and O–H groups in total. The number of nitrogens with zero attached hydrogens (tertiary/aromatic N) is 4. The van der Waals surface area contributed by atoms with Crippen LogP contribution < -0.4 is 5.48 Å². The normalized spacial score (nSPS) is 16.3. The van der Waals surface area contributed by atoms with Crippen LogP contribution in [0.15, 0.2) is 41.4 Å². The van der Waals surface area contributed by atoms with Crippen LogP contribution >= 0.6 is 0 Å². The third-order valence-electron chi connectivity index (χ3n) is 4.76. The molecule has 31 heavy (non-hydrogen) atoms. The zero-order valence-corrected chi connectivity index (χ0v) is 17.2. The Kier molecular flexibility index (Phi) is 7.29. The number of esters is 1. The first-order valence-corrected chi connectivity index (χ1v) is 9.89. The minimum Gasteiger partial charge on any atom is -0.463 e. The molecule has 0 saturated carbocycles. The number of aliphatic imine (C=N–C) groups is 1. The fourth-order valence-corrected chi connectivity index (χ4v) is 3.03. The molecular weight excluding hydrogens is 415 g/mol. The second-order valence-electron chi connectivity index (χ2n) is 6.77. The number of ether oxygens (including phenoxy) is 1. The molecule has 8 nitrogen and oxygen atoms in total. The Morgan fingerprint density at radius 2 is 1.97 bits per heavy atom. The van der Waals surface area contributed by atoms with Crippen LogP contribution in [0, 0.1) is 0 Å². The standard InChI is InChI=1S/C20H24F3N5O3/c1-3-27(4-2)10-11-30-17(29)13-28-15(12-16(25-28)20(21,22)23)19-24-18(26-31-19)14-8-6-5-7-9-14/h5-9,12,19H,3-4,10-11,13H2,1-2H3,(H,24,26). The SMILES string of the molecule is CCN(CC)CCOC(=O)Cn1nc(C(F)(F)F)cc1C1N=C(c2ccccc2)NO1. The second-order valence-corrected chi connectivity index (χ2v) is 6.77. The van der Waals surface area contributed by atoms with Crippen molar-refractivity contribution in [3.63, 3.8) is 0 Å². The lowest BCUT2D eigenvalue weighted by Crippen LogP contribution is -2.28. The summed E-state index contributed by atoms with van der Waals surface area (Å²) in [5.41, 5.74) is 2.18. The summed E-state index contributed by atoms with van der Waals surface area (Å²) in [5.74, 6) is -0.322. The van der Waals surface area contributed by atoms with Gasteiger partial charge in [-0.3, -0.25) is 9.48 Å². The number of hydrogen-bond acceptors (Lipinski definition) is 7. The van der Waals surface area contributed by atoms with Gasteiger partial charge in [-0.2, -0.15) is 18.3 Å². The fraction of sp³-hybridized carbons (Fsp3) is 0.450. The molecule has 1 atom stereocenters. The van der Waals surface area contributed by atoms with Gasteiger partial charge in [-0.25, -0.2) is 15.3 Å². The Bertz CT molecular complexity index is 911. The largest absolute Gasteiger partial charge is 0.463 e. The zero-order valence-electron chi connectivity index (χ0n) is 17.2. The lowest BCUT2D eigenvalue weighted by atomic mass is 10.2. The molecule has 1 unspecified atom stereocenters. The minimum absolute atomic E-state index is 0.00792. The first-order chi connectivity index (χ1) is 14.8. The number of nitrogens with one attached hydrogen (secondary N) is 1. The Balaban J connectivity index is 1.75. The molecule has 1 aromatic carbocycles. The molecule has 1 aliphatic heterocycles. The number of hydroxylamine groups is 1. The van der Waals surface area contributed by atoms with Gasteiger partial charge in [0.05, 0.1) is 5.69 Å². The van der Waals surface area contributed by atoms with Crippen molar-refractivity contribution >= 4 is 11.8 Å². The van der Waals surface area contributed by atoms with E-state index >= 15 is 0 Å². The zero-order chi connectivity index (χ0) is 22.4. The van der Waals surface area contributed by atoms with Crippen LogP contribution in [0.4, 0.5) is 13.2 Å². The summed E-state index contributed by atoms with van der Waals surface area (Å²) in [5, 5.41) is 3.54. The van der Waals surface area contributed by atoms with E-state index in [1.54, 1.807) is 24.3 Å². The number of halogens is 3. The van der Waals surface area contributed by atoms with Gasteiger partial charge in [0.1, 0.15) is 13.2 Å². The smallest absolute Gasteiger partial charge is 0.435 e. The maximum atomic E-state index is 13.2. The van der Waals surface area contributed by atoms with Crippen molar-refractivity contribution in [3.8, 4) is 0 Å². The fourth-order valence-electron chi connectivity index (χ4n) is 3.03. The molecule has 3 rings (SSSR count). The van der Waals surface area contributed by atoms with Crippen LogP contribution in [0.3, 0.4) is 0 Å². The van der Waals surface area contributed by atoms with E-state index in [-0.39, 0.29) is 12.3 Å². The van der Waals surface area contributed by atoms with Crippen LogP contribution in [0.1, 0.15) is 37.0 Å². The monoisotopic (exact) mass is 439 g/mol. The molecule has 2 heterocycles. The van der Waals surface area contributed by atoms with Crippen molar-refractivity contribution in [2.75, 3.05) is 26.2 Å². The first kappa shape index (κ1) is 22.8. The Labute approximate surface area is 177 Å². The van der Waals surface area contributed by atoms with Gasteiger partial charge >= 0.3 is 12.1 Å². The number of benzene rings is 1. The summed E-state index contributed by atoms with van der Waals surface area (Å²) in [4.78, 5) is 23.9. The molecule has 168 valence electrons. The number of carbonyl (C=O) groups excluding carboxylic acids is 1. The summed E-state index contributed by atoms with van der Waals surface area (Å²) < 4.78 is 45.8. The average Bonchev–Trinajstić information content (AvgIpc) is 3.39. The Morgan fingerprint density at radius 3 is 2.61 bits per heavy atom. The molecule has 0 spiro atoms. The van der Waals surface area contributed by atoms with Crippen molar-refractivity contribution in [2.45, 2.75) is 32.8 Å². The van der Waals surface area contributed by atoms with E-state index < -0.39 is 30.6 Å². The number of amidine groups is 1. The number of hydrogen-bond donors (Lipinski definition) is 1. The minimum atomic E-state index is -4.68. The van der Waals surface area contributed by atoms with Gasteiger partial charge in [0.2, 0.25) is 6.23 Å². The molecule has 2 aromatic rings. The van der Waals surface area contributed by atoms with Crippen LogP contribution in [0.5, 0.6) is 0 Å². The number of likely N-dealkylation sites (N-methyl/N-ethyl adjacent to an activating group) is 1. The van der Waals surface area contributed by atoms with Crippen molar-refractivity contribution in [1.82, 2.24) is 20.2 Å². The third-order valence-corrected chi connectivity index (χ3v) is 4.76. The average molecular weight is 439 g/mol. The van der Waals surface area contributed by atoms with Gasteiger partial charge < -0.3 is 9.64 Å². The maximum absolute atomic E-state index is 13.2. The van der Waals surface area contributed by atoms with Gasteiger partial charge in [0.15, 0.2) is 11.5 Å². The maximum Gasteiger partial charge on any atom is 0.435 e. The number of alkyl halides is 3. The van der Waals surface area contributed by atoms with Gasteiger partial charge in [0, 0.05) is 12.1 Å². The topological polar surface area (TPSA) is 81.0 Å². The molecular formula is C20H24F3N5O3. The molecule has 0 radical (unpaired) electrons. The summed E-state index contributed by atoms with van der Waals surface area (Å²) in [6.45, 7) is 5.78. The van der Waals surface area contributed by atoms with Crippen molar-refractivity contribution < 1.29 is 27.5 Å². The third kappa shape index (κ3) is 5.82. The van der Waals surface area contributed by atoms with E-state index in [2.05, 4.69) is 20.5 Å². The summed E-state index contributed by atoms with van der Waals surface area (Å²) in [7, 11) is 0. The predicted octanol–water partition coefficient (Wildman–Crippen LogP) is 2.77. The first-order valence-electron chi connectivity index (χ1n) is 9.89. The summed E-state index contributed by atoms with van der Waals surface area (Å²) in [6.07, 6.45) is -5.77. The number of carbonyl (C=O) groups is 1. The molecule has 0 saturated heterocycles. The number of rotatable bonds is 9. The lowest BCUT2D eigenvalue weighted by molar-refractivity contribution is -0.146. The highest BCUT2D eigenvalue weighted by Gasteiger charge is 2.37. The Morgan fingerprint density at radius 1 is 1.26 bits per heavy atom. The molecule has 0 fully saturated rings. The van der Waals surface area contributed by atoms with Crippen LogP contribution in [-0.4, -0.2) is 52.7 Å². The molecule has 1 aromatic heterocycles. The van der Waals surface area contributed by atoms with Crippen LogP contribution in [-0.2, 0) is 27.1 Å². The van der Waals surface area contributed by atoms with E-state index in [1.807, 2.05) is 19.9 Å². The molecule has 1 aliphatic rings. The predicted molar refractivity (Wildman–Crippen MR) is 106 cm³/mol. The van der Waals surface area contributed by atoms with Gasteiger partial charge in [-0.15, -0.1) is 0 Å². The quantitative estimate of drug-likeness (QED) is 0.606. The van der Waals surface area contributed by atoms with Gasteiger partial charge in [-0.1, -0.05) is 44.2 Å². The molecule has 11 heteroatoms. The second kappa shape index (κ2) is 9.92.